The Hall–Kier alpha value is -2.07. The van der Waals surface area contributed by atoms with Gasteiger partial charge in [-0.25, -0.2) is 9.78 Å². The van der Waals surface area contributed by atoms with Crippen molar-refractivity contribution in [2.75, 3.05) is 6.61 Å². The third-order valence-corrected chi connectivity index (χ3v) is 2.69. The van der Waals surface area contributed by atoms with Crippen molar-refractivity contribution in [1.82, 2.24) is 4.98 Å². The molecule has 1 aromatic heterocycles. The highest BCUT2D eigenvalue weighted by Crippen LogP contribution is 2.16. The summed E-state index contributed by atoms with van der Waals surface area (Å²) in [6.07, 6.45) is 0.720. The fraction of sp³-hybridized carbons (Fsp3) is 0.143. The number of carboxylic acid groups (broad SMARTS) is 1. The largest absolute Gasteiger partial charge is 0.478 e. The number of aromatic nitrogens is 1. The van der Waals surface area contributed by atoms with E-state index in [1.54, 1.807) is 0 Å². The second-order valence-corrected chi connectivity index (χ2v) is 4.29. The van der Waals surface area contributed by atoms with E-state index in [2.05, 4.69) is 4.98 Å². The predicted octanol–water partition coefficient (Wildman–Crippen LogP) is 3.05. The highest BCUT2D eigenvalue weighted by atomic mass is 35.5. The van der Waals surface area contributed by atoms with E-state index >= 15 is 0 Å². The van der Waals surface area contributed by atoms with Crippen LogP contribution in [0.25, 0.3) is 0 Å². The molecule has 2 rings (SSSR count). The lowest BCUT2D eigenvalue weighted by Gasteiger charge is -2.06. The number of aromatic carboxylic acids is 1. The molecule has 2 aromatic rings. The van der Waals surface area contributed by atoms with Gasteiger partial charge in [-0.1, -0.05) is 41.9 Å². The van der Waals surface area contributed by atoms with Gasteiger partial charge in [0.25, 0.3) is 0 Å². The molecule has 0 fully saturated rings. The lowest BCUT2D eigenvalue weighted by atomic mass is 10.2. The van der Waals surface area contributed by atoms with Gasteiger partial charge >= 0.3 is 5.97 Å². The van der Waals surface area contributed by atoms with Gasteiger partial charge in [0.05, 0.1) is 12.2 Å². The second-order valence-electron chi connectivity index (χ2n) is 3.91. The van der Waals surface area contributed by atoms with Gasteiger partial charge < -0.3 is 9.84 Å². The third kappa shape index (κ3) is 3.96. The van der Waals surface area contributed by atoms with Crippen LogP contribution >= 0.6 is 11.6 Å². The molecule has 98 valence electrons. The number of carbonyl (C=O) groups is 1. The monoisotopic (exact) mass is 277 g/mol. The quantitative estimate of drug-likeness (QED) is 0.854. The maximum absolute atomic E-state index is 10.9. The fourth-order valence-corrected chi connectivity index (χ4v) is 1.79. The van der Waals surface area contributed by atoms with Gasteiger partial charge in [0.2, 0.25) is 5.88 Å². The van der Waals surface area contributed by atoms with Gasteiger partial charge in [-0.05, 0) is 11.6 Å². The average Bonchev–Trinajstić information content (AvgIpc) is 2.39. The lowest BCUT2D eigenvalue weighted by molar-refractivity contribution is 0.0696. The summed E-state index contributed by atoms with van der Waals surface area (Å²) in [5.41, 5.74) is 1.21. The number of carboxylic acids is 1. The van der Waals surface area contributed by atoms with Crippen LogP contribution in [-0.4, -0.2) is 22.7 Å². The molecule has 0 spiro atoms. The first kappa shape index (κ1) is 13.4. The average molecular weight is 278 g/mol. The standard InChI is InChI=1S/C14H12ClNO3/c15-12-8-11(14(17)18)9-13(16-12)19-7-6-10-4-2-1-3-5-10/h1-5,8-9H,6-7H2,(H,17,18). The Morgan fingerprint density at radius 1 is 1.26 bits per heavy atom. The van der Waals surface area contributed by atoms with E-state index in [1.807, 2.05) is 30.3 Å². The predicted molar refractivity (Wildman–Crippen MR) is 71.8 cm³/mol. The Bertz CT molecular complexity index is 572. The van der Waals surface area contributed by atoms with Crippen molar-refractivity contribution in [3.8, 4) is 5.88 Å². The van der Waals surface area contributed by atoms with E-state index < -0.39 is 5.97 Å². The van der Waals surface area contributed by atoms with Crippen molar-refractivity contribution in [3.05, 3.63) is 58.7 Å². The van der Waals surface area contributed by atoms with Crippen molar-refractivity contribution in [3.63, 3.8) is 0 Å². The minimum atomic E-state index is -1.06. The molecule has 0 radical (unpaired) electrons. The summed E-state index contributed by atoms with van der Waals surface area (Å²) in [6.45, 7) is 0.413. The first-order valence-corrected chi connectivity index (χ1v) is 6.10. The first-order chi connectivity index (χ1) is 9.15. The zero-order valence-corrected chi connectivity index (χ0v) is 10.8. The molecular formula is C14H12ClNO3. The number of ether oxygens (including phenoxy) is 1. The highest BCUT2D eigenvalue weighted by Gasteiger charge is 2.08. The molecule has 0 unspecified atom stereocenters. The molecule has 1 aromatic carbocycles. The SMILES string of the molecule is O=C(O)c1cc(Cl)nc(OCCc2ccccc2)c1. The smallest absolute Gasteiger partial charge is 0.335 e. The molecule has 0 bridgehead atoms. The topological polar surface area (TPSA) is 59.4 Å². The number of hydrogen-bond donors (Lipinski definition) is 1. The number of nitrogens with zero attached hydrogens (tertiary/aromatic N) is 1. The van der Waals surface area contributed by atoms with Gasteiger partial charge in [-0.15, -0.1) is 0 Å². The van der Waals surface area contributed by atoms with Crippen molar-refractivity contribution in [1.29, 1.82) is 0 Å². The molecule has 0 aliphatic rings. The molecule has 0 saturated heterocycles. The van der Waals surface area contributed by atoms with E-state index in [1.165, 1.54) is 12.1 Å². The fourth-order valence-electron chi connectivity index (χ4n) is 1.59. The van der Waals surface area contributed by atoms with Crippen LogP contribution in [0.15, 0.2) is 42.5 Å². The van der Waals surface area contributed by atoms with E-state index in [-0.39, 0.29) is 16.6 Å². The van der Waals surface area contributed by atoms with E-state index in [4.69, 9.17) is 21.4 Å². The molecule has 1 N–H and O–H groups in total. The van der Waals surface area contributed by atoms with Crippen molar-refractivity contribution < 1.29 is 14.6 Å². The molecule has 0 aliphatic carbocycles. The van der Waals surface area contributed by atoms with Crippen LogP contribution in [0.2, 0.25) is 5.15 Å². The van der Waals surface area contributed by atoms with Crippen LogP contribution in [0.3, 0.4) is 0 Å². The molecule has 19 heavy (non-hydrogen) atoms. The molecule has 4 nitrogen and oxygen atoms in total. The van der Waals surface area contributed by atoms with Gasteiger partial charge in [0, 0.05) is 12.5 Å². The van der Waals surface area contributed by atoms with Crippen molar-refractivity contribution in [2.24, 2.45) is 0 Å². The summed E-state index contributed by atoms with van der Waals surface area (Å²) in [4.78, 5) is 14.8. The summed E-state index contributed by atoms with van der Waals surface area (Å²) in [5, 5.41) is 9.00. The van der Waals surface area contributed by atoms with Gasteiger partial charge in [0.1, 0.15) is 5.15 Å². The number of pyridine rings is 1. The van der Waals surface area contributed by atoms with E-state index in [0.717, 1.165) is 12.0 Å². The molecule has 0 atom stereocenters. The molecule has 0 amide bonds. The Kier molecular flexibility index (Phi) is 4.36. The first-order valence-electron chi connectivity index (χ1n) is 5.73. The van der Waals surface area contributed by atoms with Crippen LogP contribution < -0.4 is 4.74 Å². The maximum atomic E-state index is 10.9. The van der Waals surface area contributed by atoms with Gasteiger partial charge in [0.15, 0.2) is 0 Å². The summed E-state index contributed by atoms with van der Waals surface area (Å²) in [5.74, 6) is -0.835. The molecule has 0 aliphatic heterocycles. The van der Waals surface area contributed by atoms with Crippen LogP contribution in [0.4, 0.5) is 0 Å². The highest BCUT2D eigenvalue weighted by molar-refractivity contribution is 6.29. The maximum Gasteiger partial charge on any atom is 0.335 e. The van der Waals surface area contributed by atoms with Gasteiger partial charge in [-0.3, -0.25) is 0 Å². The molecular weight excluding hydrogens is 266 g/mol. The summed E-state index contributed by atoms with van der Waals surface area (Å²) in [7, 11) is 0. The van der Waals surface area contributed by atoms with Crippen LogP contribution in [-0.2, 0) is 6.42 Å². The van der Waals surface area contributed by atoms with Crippen LogP contribution in [0, 0.1) is 0 Å². The Balaban J connectivity index is 1.98. The second kappa shape index (κ2) is 6.20. The van der Waals surface area contributed by atoms with Crippen molar-refractivity contribution >= 4 is 17.6 Å². The molecule has 0 saturated carbocycles. The zero-order chi connectivity index (χ0) is 13.7. The number of hydrogen-bond acceptors (Lipinski definition) is 3. The Morgan fingerprint density at radius 3 is 2.68 bits per heavy atom. The third-order valence-electron chi connectivity index (χ3n) is 2.50. The number of halogens is 1. The number of benzene rings is 1. The Labute approximate surface area is 115 Å². The summed E-state index contributed by atoms with van der Waals surface area (Å²) >= 11 is 5.74. The normalized spacial score (nSPS) is 10.2. The Morgan fingerprint density at radius 2 is 2.00 bits per heavy atom. The molecule has 5 heteroatoms. The zero-order valence-electron chi connectivity index (χ0n) is 10.0. The minimum Gasteiger partial charge on any atom is -0.478 e. The van der Waals surface area contributed by atoms with E-state index in [0.29, 0.717) is 6.61 Å². The van der Waals surface area contributed by atoms with E-state index in [9.17, 15) is 4.79 Å². The minimum absolute atomic E-state index is 0.0645. The van der Waals surface area contributed by atoms with Gasteiger partial charge in [-0.2, -0.15) is 0 Å². The summed E-state index contributed by atoms with van der Waals surface area (Å²) in [6, 6.07) is 12.5. The van der Waals surface area contributed by atoms with Crippen LogP contribution in [0.1, 0.15) is 15.9 Å². The van der Waals surface area contributed by atoms with Crippen molar-refractivity contribution in [2.45, 2.75) is 6.42 Å². The van der Waals surface area contributed by atoms with Crippen LogP contribution in [0.5, 0.6) is 5.88 Å². The lowest BCUT2D eigenvalue weighted by Crippen LogP contribution is -2.04. The number of rotatable bonds is 5. The molecule has 1 heterocycles. The summed E-state index contributed by atoms with van der Waals surface area (Å²) < 4.78 is 5.42.